The summed E-state index contributed by atoms with van der Waals surface area (Å²) in [7, 11) is 1.79. The fraction of sp³-hybridized carbons (Fsp3) is 0.500. The summed E-state index contributed by atoms with van der Waals surface area (Å²) in [6, 6.07) is 8.92. The van der Waals surface area contributed by atoms with Gasteiger partial charge in [0.15, 0.2) is 5.96 Å². The summed E-state index contributed by atoms with van der Waals surface area (Å²) in [5.74, 6) is 2.40. The van der Waals surface area contributed by atoms with Crippen molar-refractivity contribution in [2.45, 2.75) is 53.2 Å². The van der Waals surface area contributed by atoms with E-state index in [4.69, 9.17) is 0 Å². The molecule has 0 bridgehead atoms. The standard InChI is InChI=1S/C20H31N5.HI/c1-6-17-7-9-18(10-8-17)16(4)24-20(21-5)23-13-19-22-11-12-25(19)14-15(2)3;/h7-12,15-16H,6,13-14H2,1-5H3,(H2,21,23,24);1H. The summed E-state index contributed by atoms with van der Waals surface area (Å²) in [6.07, 6.45) is 4.95. The van der Waals surface area contributed by atoms with Gasteiger partial charge in [-0.05, 0) is 30.4 Å². The van der Waals surface area contributed by atoms with E-state index in [9.17, 15) is 0 Å². The van der Waals surface area contributed by atoms with E-state index >= 15 is 0 Å². The predicted molar refractivity (Wildman–Crippen MR) is 120 cm³/mol. The van der Waals surface area contributed by atoms with Crippen molar-refractivity contribution in [1.82, 2.24) is 20.2 Å². The quantitative estimate of drug-likeness (QED) is 0.364. The van der Waals surface area contributed by atoms with Gasteiger partial charge in [-0.1, -0.05) is 45.0 Å². The number of halogens is 1. The van der Waals surface area contributed by atoms with Crippen LogP contribution in [-0.4, -0.2) is 22.6 Å². The molecule has 0 saturated carbocycles. The number of aryl methyl sites for hydroxylation is 1. The molecule has 0 spiro atoms. The van der Waals surface area contributed by atoms with Crippen molar-refractivity contribution in [3.05, 3.63) is 53.6 Å². The molecule has 2 aromatic rings. The maximum atomic E-state index is 4.45. The van der Waals surface area contributed by atoms with E-state index in [2.05, 4.69) is 77.1 Å². The highest BCUT2D eigenvalue weighted by Gasteiger charge is 2.09. The number of imidazole rings is 1. The molecule has 2 N–H and O–H groups in total. The lowest BCUT2D eigenvalue weighted by atomic mass is 10.1. The number of nitrogens with zero attached hydrogens (tertiary/aromatic N) is 3. The zero-order valence-corrected chi connectivity index (χ0v) is 18.8. The Morgan fingerprint density at radius 2 is 1.88 bits per heavy atom. The first kappa shape index (κ1) is 22.5. The number of aliphatic imine (C=N–C) groups is 1. The summed E-state index contributed by atoms with van der Waals surface area (Å²) < 4.78 is 2.19. The lowest BCUT2D eigenvalue weighted by molar-refractivity contribution is 0.503. The Kier molecular flexibility index (Phi) is 9.69. The van der Waals surface area contributed by atoms with Crippen molar-refractivity contribution in [3.63, 3.8) is 0 Å². The molecule has 1 unspecified atom stereocenters. The second-order valence-corrected chi connectivity index (χ2v) is 6.78. The van der Waals surface area contributed by atoms with Gasteiger partial charge in [0.05, 0.1) is 12.6 Å². The van der Waals surface area contributed by atoms with Gasteiger partial charge >= 0.3 is 0 Å². The minimum absolute atomic E-state index is 0. The topological polar surface area (TPSA) is 54.2 Å². The number of hydrogen-bond donors (Lipinski definition) is 2. The largest absolute Gasteiger partial charge is 0.350 e. The average molecular weight is 469 g/mol. The summed E-state index contributed by atoms with van der Waals surface area (Å²) in [4.78, 5) is 8.78. The zero-order chi connectivity index (χ0) is 18.2. The molecular formula is C20H32IN5. The lowest BCUT2D eigenvalue weighted by Crippen LogP contribution is -2.38. The molecule has 0 aliphatic rings. The van der Waals surface area contributed by atoms with Gasteiger partial charge in [0.25, 0.3) is 0 Å². The van der Waals surface area contributed by atoms with E-state index in [0.717, 1.165) is 24.7 Å². The minimum atomic E-state index is 0. The maximum absolute atomic E-state index is 4.45. The third-order valence-electron chi connectivity index (χ3n) is 4.24. The van der Waals surface area contributed by atoms with Gasteiger partial charge in [0.1, 0.15) is 5.82 Å². The second-order valence-electron chi connectivity index (χ2n) is 6.78. The number of aromatic nitrogens is 2. The molecule has 2 rings (SSSR count). The zero-order valence-electron chi connectivity index (χ0n) is 16.5. The van der Waals surface area contributed by atoms with Gasteiger partial charge in [-0.3, -0.25) is 4.99 Å². The van der Waals surface area contributed by atoms with E-state index in [1.807, 2.05) is 12.4 Å². The number of nitrogens with one attached hydrogen (secondary N) is 2. The number of guanidine groups is 1. The highest BCUT2D eigenvalue weighted by atomic mass is 127. The van der Waals surface area contributed by atoms with Crippen LogP contribution in [0.25, 0.3) is 0 Å². The third kappa shape index (κ3) is 6.63. The molecule has 0 aliphatic carbocycles. The van der Waals surface area contributed by atoms with E-state index in [1.54, 1.807) is 7.05 Å². The minimum Gasteiger partial charge on any atom is -0.350 e. The van der Waals surface area contributed by atoms with E-state index in [-0.39, 0.29) is 30.0 Å². The van der Waals surface area contributed by atoms with Crippen molar-refractivity contribution in [2.75, 3.05) is 7.05 Å². The average Bonchev–Trinajstić information content (AvgIpc) is 3.04. The molecule has 144 valence electrons. The van der Waals surface area contributed by atoms with E-state index < -0.39 is 0 Å². The molecule has 1 aromatic heterocycles. The van der Waals surface area contributed by atoms with Crippen LogP contribution in [0.4, 0.5) is 0 Å². The lowest BCUT2D eigenvalue weighted by Gasteiger charge is -2.19. The summed E-state index contributed by atoms with van der Waals surface area (Å²) in [5, 5.41) is 6.81. The normalized spacial score (nSPS) is 12.6. The Hall–Kier alpha value is -1.57. The fourth-order valence-corrected chi connectivity index (χ4v) is 2.75. The van der Waals surface area contributed by atoms with Crippen LogP contribution >= 0.6 is 24.0 Å². The molecule has 0 fully saturated rings. The highest BCUT2D eigenvalue weighted by Crippen LogP contribution is 2.13. The third-order valence-corrected chi connectivity index (χ3v) is 4.24. The predicted octanol–water partition coefficient (Wildman–Crippen LogP) is 4.15. The van der Waals surface area contributed by atoms with Crippen LogP contribution in [0.1, 0.15) is 50.7 Å². The SMILES string of the molecule is CCc1ccc(C(C)NC(=NC)NCc2nccn2CC(C)C)cc1.I. The molecule has 0 aliphatic heterocycles. The fourth-order valence-electron chi connectivity index (χ4n) is 2.75. The van der Waals surface area contributed by atoms with Gasteiger partial charge in [-0.25, -0.2) is 4.98 Å². The van der Waals surface area contributed by atoms with Crippen molar-refractivity contribution in [3.8, 4) is 0 Å². The molecule has 6 heteroatoms. The molecule has 1 heterocycles. The Bertz CT molecular complexity index is 676. The van der Waals surface area contributed by atoms with Crippen LogP contribution in [0.2, 0.25) is 0 Å². The first-order valence-corrected chi connectivity index (χ1v) is 9.09. The number of hydrogen-bond acceptors (Lipinski definition) is 2. The van der Waals surface area contributed by atoms with Gasteiger partial charge < -0.3 is 15.2 Å². The molecule has 1 aromatic carbocycles. The van der Waals surface area contributed by atoms with Crippen LogP contribution in [0.15, 0.2) is 41.7 Å². The van der Waals surface area contributed by atoms with Crippen LogP contribution < -0.4 is 10.6 Å². The van der Waals surface area contributed by atoms with Crippen molar-refractivity contribution in [2.24, 2.45) is 10.9 Å². The second kappa shape index (κ2) is 11.2. The van der Waals surface area contributed by atoms with Gasteiger partial charge in [0, 0.05) is 26.0 Å². The van der Waals surface area contributed by atoms with Crippen molar-refractivity contribution >= 4 is 29.9 Å². The van der Waals surface area contributed by atoms with E-state index in [0.29, 0.717) is 12.5 Å². The first-order valence-electron chi connectivity index (χ1n) is 9.09. The molecule has 0 amide bonds. The summed E-state index contributed by atoms with van der Waals surface area (Å²) >= 11 is 0. The van der Waals surface area contributed by atoms with Crippen LogP contribution in [0.5, 0.6) is 0 Å². The van der Waals surface area contributed by atoms with Gasteiger partial charge in [0.2, 0.25) is 0 Å². The molecule has 1 atom stereocenters. The Morgan fingerprint density at radius 1 is 1.19 bits per heavy atom. The Labute approximate surface area is 174 Å². The summed E-state index contributed by atoms with van der Waals surface area (Å²) in [5.41, 5.74) is 2.61. The highest BCUT2D eigenvalue weighted by molar-refractivity contribution is 14.0. The monoisotopic (exact) mass is 469 g/mol. The van der Waals surface area contributed by atoms with Crippen LogP contribution in [0.3, 0.4) is 0 Å². The first-order chi connectivity index (χ1) is 12.0. The maximum Gasteiger partial charge on any atom is 0.191 e. The molecule has 0 saturated heterocycles. The number of rotatable bonds is 7. The Morgan fingerprint density at radius 3 is 2.46 bits per heavy atom. The van der Waals surface area contributed by atoms with Crippen molar-refractivity contribution < 1.29 is 0 Å². The molecular weight excluding hydrogens is 437 g/mol. The van der Waals surface area contributed by atoms with Gasteiger partial charge in [-0.15, -0.1) is 24.0 Å². The van der Waals surface area contributed by atoms with E-state index in [1.165, 1.54) is 11.1 Å². The molecule has 5 nitrogen and oxygen atoms in total. The van der Waals surface area contributed by atoms with Gasteiger partial charge in [-0.2, -0.15) is 0 Å². The Balaban J connectivity index is 0.00000338. The molecule has 26 heavy (non-hydrogen) atoms. The molecule has 0 radical (unpaired) electrons. The van der Waals surface area contributed by atoms with Crippen LogP contribution in [0, 0.1) is 5.92 Å². The van der Waals surface area contributed by atoms with Crippen LogP contribution in [-0.2, 0) is 19.5 Å². The van der Waals surface area contributed by atoms with Crippen molar-refractivity contribution in [1.29, 1.82) is 0 Å². The smallest absolute Gasteiger partial charge is 0.191 e. The summed E-state index contributed by atoms with van der Waals surface area (Å²) in [6.45, 7) is 10.4. The number of benzene rings is 1.